The summed E-state index contributed by atoms with van der Waals surface area (Å²) in [5.41, 5.74) is -0.0908. The lowest BCUT2D eigenvalue weighted by Gasteiger charge is -2.09. The van der Waals surface area contributed by atoms with Gasteiger partial charge in [0.1, 0.15) is 11.5 Å². The molecule has 0 aliphatic heterocycles. The van der Waals surface area contributed by atoms with E-state index in [0.717, 1.165) is 24.2 Å². The van der Waals surface area contributed by atoms with Gasteiger partial charge in [-0.05, 0) is 47.9 Å². The van der Waals surface area contributed by atoms with E-state index in [2.05, 4.69) is 6.92 Å². The van der Waals surface area contributed by atoms with Crippen molar-refractivity contribution in [3.8, 4) is 11.5 Å². The van der Waals surface area contributed by atoms with Crippen LogP contribution in [0.5, 0.6) is 11.5 Å². The maximum absolute atomic E-state index is 11.7. The van der Waals surface area contributed by atoms with Crippen molar-refractivity contribution in [2.75, 3.05) is 6.61 Å². The van der Waals surface area contributed by atoms with Gasteiger partial charge in [-0.1, -0.05) is 25.5 Å². The highest BCUT2D eigenvalue weighted by Gasteiger charge is 2.27. The highest BCUT2D eigenvalue weighted by molar-refractivity contribution is 7.70. The largest absolute Gasteiger partial charge is 0.508 e. The maximum atomic E-state index is 11.7. The van der Waals surface area contributed by atoms with E-state index in [1.807, 2.05) is 24.3 Å². The second-order valence-electron chi connectivity index (χ2n) is 5.72. The Labute approximate surface area is 146 Å². The van der Waals surface area contributed by atoms with Gasteiger partial charge in [-0.15, -0.1) is 0 Å². The Morgan fingerprint density at radius 2 is 1.80 bits per heavy atom. The first-order valence-electron chi connectivity index (χ1n) is 7.95. The zero-order valence-corrected chi connectivity index (χ0v) is 14.8. The van der Waals surface area contributed by atoms with Gasteiger partial charge in [0.15, 0.2) is 0 Å². The lowest BCUT2D eigenvalue weighted by Crippen LogP contribution is -2.01. The Kier molecular flexibility index (Phi) is 6.37. The molecule has 0 fully saturated rings. The van der Waals surface area contributed by atoms with Gasteiger partial charge in [0.25, 0.3) is 5.52 Å². The van der Waals surface area contributed by atoms with Crippen molar-refractivity contribution in [1.82, 2.24) is 0 Å². The van der Waals surface area contributed by atoms with Crippen LogP contribution in [0.25, 0.3) is 0 Å². The van der Waals surface area contributed by atoms with Crippen LogP contribution in [0.3, 0.4) is 0 Å². The van der Waals surface area contributed by atoms with Crippen LogP contribution in [-0.4, -0.2) is 27.0 Å². The van der Waals surface area contributed by atoms with Crippen LogP contribution in [-0.2, 0) is 11.0 Å². The number of phenolic OH excluding ortho intramolecular Hbond substituents is 1. The quantitative estimate of drug-likeness (QED) is 0.489. The smallest absolute Gasteiger partial charge is 0.396 e. The van der Waals surface area contributed by atoms with Crippen molar-refractivity contribution >= 4 is 13.1 Å². The number of hydrogen-bond acceptors (Lipinski definition) is 4. The molecule has 0 spiro atoms. The minimum atomic E-state index is -4.85. The number of carbonyl (C=O) groups is 1. The molecule has 6 nitrogen and oxygen atoms in total. The Bertz CT molecular complexity index is 779. The molecule has 0 saturated heterocycles. The predicted octanol–water partition coefficient (Wildman–Crippen LogP) is 3.48. The maximum Gasteiger partial charge on any atom is 0.396 e. The molecule has 0 unspecified atom stereocenters. The Balaban J connectivity index is 2.14. The number of aromatic hydroxyl groups is 1. The minimum Gasteiger partial charge on any atom is -0.508 e. The predicted molar refractivity (Wildman–Crippen MR) is 94.1 cm³/mol. The molecule has 2 aromatic rings. The number of phenols is 1. The first kappa shape index (κ1) is 19.2. The van der Waals surface area contributed by atoms with E-state index >= 15 is 0 Å². The first-order valence-corrected chi connectivity index (χ1v) is 9.56. The molecule has 7 heteroatoms. The SMILES string of the molecule is CCCCOc1ccc(Cc2cc(C(=O)P(=O)(O)O)ccc2O)cc1. The lowest BCUT2D eigenvalue weighted by atomic mass is 10.0. The Morgan fingerprint density at radius 3 is 2.40 bits per heavy atom. The van der Waals surface area contributed by atoms with Crippen LogP contribution in [0.2, 0.25) is 0 Å². The van der Waals surface area contributed by atoms with Crippen molar-refractivity contribution in [2.45, 2.75) is 26.2 Å². The third-order valence-corrected chi connectivity index (χ3v) is 4.46. The number of benzene rings is 2. The van der Waals surface area contributed by atoms with Gasteiger partial charge in [-0.25, -0.2) is 0 Å². The third kappa shape index (κ3) is 5.43. The van der Waals surface area contributed by atoms with E-state index in [9.17, 15) is 14.5 Å². The molecule has 0 amide bonds. The van der Waals surface area contributed by atoms with Crippen molar-refractivity contribution in [1.29, 1.82) is 0 Å². The molecule has 0 atom stereocenters. The average Bonchev–Trinajstić information content (AvgIpc) is 2.57. The Morgan fingerprint density at radius 1 is 1.12 bits per heavy atom. The number of carbonyl (C=O) groups excluding carboxylic acids is 1. The van der Waals surface area contributed by atoms with E-state index in [4.69, 9.17) is 14.5 Å². The summed E-state index contributed by atoms with van der Waals surface area (Å²) >= 11 is 0. The number of ether oxygens (including phenoxy) is 1. The van der Waals surface area contributed by atoms with E-state index in [0.29, 0.717) is 18.6 Å². The molecular formula is C18H21O6P. The zero-order valence-electron chi connectivity index (χ0n) is 13.9. The summed E-state index contributed by atoms with van der Waals surface area (Å²) in [5, 5.41) is 9.95. The fourth-order valence-electron chi connectivity index (χ4n) is 2.29. The minimum absolute atomic E-state index is 0.0365. The van der Waals surface area contributed by atoms with E-state index in [1.165, 1.54) is 18.2 Å². The Hall–Kier alpha value is -2.14. The summed E-state index contributed by atoms with van der Waals surface area (Å²) in [7, 11) is -4.85. The highest BCUT2D eigenvalue weighted by atomic mass is 31.2. The normalized spacial score (nSPS) is 11.3. The van der Waals surface area contributed by atoms with Gasteiger partial charge < -0.3 is 19.6 Å². The summed E-state index contributed by atoms with van der Waals surface area (Å²) < 4.78 is 16.7. The number of hydrogen-bond donors (Lipinski definition) is 3. The summed E-state index contributed by atoms with van der Waals surface area (Å²) in [6.07, 6.45) is 2.36. The molecule has 0 aliphatic carbocycles. The van der Waals surface area contributed by atoms with Crippen molar-refractivity contribution in [3.05, 3.63) is 59.2 Å². The number of unbranched alkanes of at least 4 members (excludes halogenated alkanes) is 1. The monoisotopic (exact) mass is 364 g/mol. The average molecular weight is 364 g/mol. The second-order valence-corrected chi connectivity index (χ2v) is 7.21. The highest BCUT2D eigenvalue weighted by Crippen LogP contribution is 2.39. The van der Waals surface area contributed by atoms with Gasteiger partial charge in [0.2, 0.25) is 0 Å². The van der Waals surface area contributed by atoms with Crippen LogP contribution in [0, 0.1) is 0 Å². The first-order chi connectivity index (χ1) is 11.8. The van der Waals surface area contributed by atoms with Crippen LogP contribution < -0.4 is 4.74 Å². The summed E-state index contributed by atoms with van der Waals surface area (Å²) in [6, 6.07) is 11.1. The second kappa shape index (κ2) is 8.30. The molecule has 3 N–H and O–H groups in total. The van der Waals surface area contributed by atoms with Crippen molar-refractivity contribution < 1.29 is 29.0 Å². The van der Waals surface area contributed by atoms with Crippen LogP contribution >= 0.6 is 7.60 Å². The molecule has 2 rings (SSSR count). The molecule has 0 radical (unpaired) electrons. The van der Waals surface area contributed by atoms with E-state index < -0.39 is 13.1 Å². The van der Waals surface area contributed by atoms with Crippen molar-refractivity contribution in [3.63, 3.8) is 0 Å². The molecule has 134 valence electrons. The number of rotatable bonds is 8. The molecule has 0 bridgehead atoms. The topological polar surface area (TPSA) is 104 Å². The van der Waals surface area contributed by atoms with Gasteiger partial charge >= 0.3 is 7.60 Å². The standard InChI is InChI=1S/C18H21O6P/c1-2-3-10-24-16-7-4-13(5-8-16)11-15-12-14(6-9-17(15)19)18(20)25(21,22)23/h4-9,12,19H,2-3,10-11H2,1H3,(H2,21,22,23). The van der Waals surface area contributed by atoms with Gasteiger partial charge in [0.05, 0.1) is 6.61 Å². The van der Waals surface area contributed by atoms with Crippen molar-refractivity contribution in [2.24, 2.45) is 0 Å². The third-order valence-electron chi connectivity index (χ3n) is 3.68. The summed E-state index contributed by atoms with van der Waals surface area (Å²) in [5.74, 6) is 0.720. The van der Waals surface area contributed by atoms with Gasteiger partial charge in [0, 0.05) is 12.0 Å². The van der Waals surface area contributed by atoms with Gasteiger partial charge in [-0.3, -0.25) is 9.36 Å². The van der Waals surface area contributed by atoms with E-state index in [-0.39, 0.29) is 11.3 Å². The molecule has 0 aromatic heterocycles. The van der Waals surface area contributed by atoms with Crippen LogP contribution in [0.4, 0.5) is 0 Å². The molecular weight excluding hydrogens is 343 g/mol. The van der Waals surface area contributed by atoms with Gasteiger partial charge in [-0.2, -0.15) is 0 Å². The summed E-state index contributed by atoms with van der Waals surface area (Å²) in [4.78, 5) is 29.7. The van der Waals surface area contributed by atoms with Crippen LogP contribution in [0.1, 0.15) is 41.3 Å². The fourth-order valence-corrected chi connectivity index (χ4v) is 2.76. The lowest BCUT2D eigenvalue weighted by molar-refractivity contribution is 0.104. The molecule has 0 saturated carbocycles. The fraction of sp³-hybridized carbons (Fsp3) is 0.278. The van der Waals surface area contributed by atoms with E-state index in [1.54, 1.807) is 0 Å². The molecule has 25 heavy (non-hydrogen) atoms. The molecule has 0 heterocycles. The molecule has 2 aromatic carbocycles. The van der Waals surface area contributed by atoms with Crippen LogP contribution in [0.15, 0.2) is 42.5 Å². The zero-order chi connectivity index (χ0) is 18.4. The molecule has 0 aliphatic rings. The summed E-state index contributed by atoms with van der Waals surface area (Å²) in [6.45, 7) is 2.74.